The van der Waals surface area contributed by atoms with Crippen LogP contribution in [0.5, 0.6) is 0 Å². The largest absolute Gasteiger partial charge is 0.305 e. The third-order valence-electron chi connectivity index (χ3n) is 2.48. The van der Waals surface area contributed by atoms with Gasteiger partial charge in [0, 0.05) is 12.6 Å². The Kier molecular flexibility index (Phi) is 3.60. The van der Waals surface area contributed by atoms with Crippen molar-refractivity contribution in [1.29, 1.82) is 0 Å². The van der Waals surface area contributed by atoms with E-state index in [0.717, 1.165) is 0 Å². The van der Waals surface area contributed by atoms with Crippen molar-refractivity contribution < 1.29 is 9.59 Å². The third kappa shape index (κ3) is 2.52. The molecule has 14 heavy (non-hydrogen) atoms. The minimum atomic E-state index is -0.130. The van der Waals surface area contributed by atoms with Gasteiger partial charge in [0.2, 0.25) is 11.8 Å². The summed E-state index contributed by atoms with van der Waals surface area (Å²) in [6.45, 7) is 3.01. The quantitative estimate of drug-likeness (QED) is 0.586. The Hall–Kier alpha value is -0.940. The molecule has 1 N–H and O–H groups in total. The monoisotopic (exact) mass is 199 g/mol. The molecule has 1 fully saturated rings. The second-order valence-corrected chi connectivity index (χ2v) is 3.81. The van der Waals surface area contributed by atoms with Crippen LogP contribution in [0.2, 0.25) is 0 Å². The lowest BCUT2D eigenvalue weighted by atomic mass is 10.2. The Morgan fingerprint density at radius 1 is 1.36 bits per heavy atom. The zero-order valence-electron chi connectivity index (χ0n) is 8.91. The Bertz CT molecular complexity index is 224. The number of nitrogens with zero attached hydrogens (tertiary/aromatic N) is 2. The molecular formula is C9H17N3O2. The zero-order chi connectivity index (χ0) is 10.7. The van der Waals surface area contributed by atoms with E-state index in [0.29, 0.717) is 6.54 Å². The molecule has 1 rings (SSSR count). The average Bonchev–Trinajstić information content (AvgIpc) is 2.11. The molecule has 1 aliphatic heterocycles. The highest BCUT2D eigenvalue weighted by Gasteiger charge is 2.27. The maximum atomic E-state index is 11.4. The van der Waals surface area contributed by atoms with Crippen LogP contribution in [0.15, 0.2) is 0 Å². The standard InChI is InChI=1S/C9H17N3O2/c1-7(11(2)3)6-12-8(13)4-10-5-9(12)14/h7,10H,4-6H2,1-3H3. The van der Waals surface area contributed by atoms with Crippen LogP contribution < -0.4 is 5.32 Å². The van der Waals surface area contributed by atoms with E-state index in [-0.39, 0.29) is 30.9 Å². The molecular weight excluding hydrogens is 182 g/mol. The van der Waals surface area contributed by atoms with Crippen LogP contribution in [0.3, 0.4) is 0 Å². The van der Waals surface area contributed by atoms with Gasteiger partial charge in [0.15, 0.2) is 0 Å². The van der Waals surface area contributed by atoms with Crippen molar-refractivity contribution in [3.8, 4) is 0 Å². The number of hydrogen-bond acceptors (Lipinski definition) is 4. The lowest BCUT2D eigenvalue weighted by molar-refractivity contribution is -0.147. The summed E-state index contributed by atoms with van der Waals surface area (Å²) in [5.41, 5.74) is 0. The minimum absolute atomic E-state index is 0.130. The van der Waals surface area contributed by atoms with Crippen molar-refractivity contribution >= 4 is 11.8 Å². The first-order chi connectivity index (χ1) is 6.52. The molecule has 0 aromatic rings. The highest BCUT2D eigenvalue weighted by atomic mass is 16.2. The third-order valence-corrected chi connectivity index (χ3v) is 2.48. The topological polar surface area (TPSA) is 52.7 Å². The first-order valence-corrected chi connectivity index (χ1v) is 4.72. The van der Waals surface area contributed by atoms with Crippen molar-refractivity contribution in [2.45, 2.75) is 13.0 Å². The highest BCUT2D eigenvalue weighted by molar-refractivity contribution is 5.99. The molecule has 0 bridgehead atoms. The summed E-state index contributed by atoms with van der Waals surface area (Å²) in [7, 11) is 3.86. The van der Waals surface area contributed by atoms with Crippen molar-refractivity contribution in [1.82, 2.24) is 15.1 Å². The molecule has 0 radical (unpaired) electrons. The maximum Gasteiger partial charge on any atom is 0.243 e. The van der Waals surface area contributed by atoms with Crippen LogP contribution in [0.25, 0.3) is 0 Å². The summed E-state index contributed by atoms with van der Waals surface area (Å²) in [6.07, 6.45) is 0. The van der Waals surface area contributed by atoms with Gasteiger partial charge in [-0.3, -0.25) is 19.8 Å². The first kappa shape index (κ1) is 11.1. The molecule has 0 aliphatic carbocycles. The Morgan fingerprint density at radius 2 is 1.86 bits per heavy atom. The number of carbonyl (C=O) groups is 2. The van der Waals surface area contributed by atoms with Gasteiger partial charge in [0.1, 0.15) is 0 Å². The number of piperazine rings is 1. The Labute approximate surface area is 84.0 Å². The van der Waals surface area contributed by atoms with Gasteiger partial charge in [-0.25, -0.2) is 0 Å². The summed E-state index contributed by atoms with van der Waals surface area (Å²) >= 11 is 0. The number of hydrogen-bond donors (Lipinski definition) is 1. The van der Waals surface area contributed by atoms with E-state index < -0.39 is 0 Å². The fourth-order valence-corrected chi connectivity index (χ4v) is 1.24. The summed E-state index contributed by atoms with van der Waals surface area (Å²) in [6, 6.07) is 0.195. The average molecular weight is 199 g/mol. The van der Waals surface area contributed by atoms with Crippen LogP contribution >= 0.6 is 0 Å². The van der Waals surface area contributed by atoms with Gasteiger partial charge in [0.05, 0.1) is 13.1 Å². The number of carbonyl (C=O) groups excluding carboxylic acids is 2. The molecule has 1 heterocycles. The molecule has 0 aromatic carbocycles. The van der Waals surface area contributed by atoms with E-state index in [1.807, 2.05) is 25.9 Å². The van der Waals surface area contributed by atoms with E-state index in [4.69, 9.17) is 0 Å². The van der Waals surface area contributed by atoms with Crippen molar-refractivity contribution in [3.05, 3.63) is 0 Å². The highest BCUT2D eigenvalue weighted by Crippen LogP contribution is 2.01. The molecule has 5 heteroatoms. The second kappa shape index (κ2) is 4.52. The molecule has 0 spiro atoms. The molecule has 1 aliphatic rings. The summed E-state index contributed by atoms with van der Waals surface area (Å²) in [4.78, 5) is 26.1. The molecule has 1 atom stereocenters. The fraction of sp³-hybridized carbons (Fsp3) is 0.778. The number of likely N-dealkylation sites (N-methyl/N-ethyl adjacent to an activating group) is 1. The number of amides is 2. The van der Waals surface area contributed by atoms with Gasteiger partial charge in [-0.2, -0.15) is 0 Å². The molecule has 1 unspecified atom stereocenters. The molecule has 0 aromatic heterocycles. The van der Waals surface area contributed by atoms with Gasteiger partial charge < -0.3 is 4.90 Å². The Balaban J connectivity index is 2.56. The van der Waals surface area contributed by atoms with Gasteiger partial charge in [0.25, 0.3) is 0 Å². The molecule has 80 valence electrons. The van der Waals surface area contributed by atoms with E-state index in [1.165, 1.54) is 4.90 Å². The first-order valence-electron chi connectivity index (χ1n) is 4.72. The molecule has 1 saturated heterocycles. The molecule has 0 saturated carbocycles. The fourth-order valence-electron chi connectivity index (χ4n) is 1.24. The molecule has 5 nitrogen and oxygen atoms in total. The summed E-state index contributed by atoms with van der Waals surface area (Å²) in [5.74, 6) is -0.259. The Morgan fingerprint density at radius 3 is 2.29 bits per heavy atom. The lowest BCUT2D eigenvalue weighted by Gasteiger charge is -2.30. The SMILES string of the molecule is CC(CN1C(=O)CNCC1=O)N(C)C. The minimum Gasteiger partial charge on any atom is -0.305 e. The van der Waals surface area contributed by atoms with Crippen LogP contribution in [-0.2, 0) is 9.59 Å². The molecule has 2 amide bonds. The van der Waals surface area contributed by atoms with Crippen LogP contribution in [0.4, 0.5) is 0 Å². The maximum absolute atomic E-state index is 11.4. The van der Waals surface area contributed by atoms with Crippen molar-refractivity contribution in [3.63, 3.8) is 0 Å². The van der Waals surface area contributed by atoms with Crippen LogP contribution in [0, 0.1) is 0 Å². The van der Waals surface area contributed by atoms with Crippen molar-refractivity contribution in [2.75, 3.05) is 33.7 Å². The normalized spacial score (nSPS) is 20.4. The summed E-state index contributed by atoms with van der Waals surface area (Å²) < 4.78 is 0. The van der Waals surface area contributed by atoms with Gasteiger partial charge in [-0.15, -0.1) is 0 Å². The summed E-state index contributed by atoms with van der Waals surface area (Å²) in [5, 5.41) is 2.76. The smallest absolute Gasteiger partial charge is 0.243 e. The number of rotatable bonds is 3. The van der Waals surface area contributed by atoms with Crippen molar-refractivity contribution in [2.24, 2.45) is 0 Å². The zero-order valence-corrected chi connectivity index (χ0v) is 8.91. The predicted molar refractivity (Wildman–Crippen MR) is 52.7 cm³/mol. The van der Waals surface area contributed by atoms with Gasteiger partial charge in [-0.05, 0) is 21.0 Å². The van der Waals surface area contributed by atoms with Crippen LogP contribution in [-0.4, -0.2) is 61.4 Å². The van der Waals surface area contributed by atoms with E-state index in [9.17, 15) is 9.59 Å². The van der Waals surface area contributed by atoms with Gasteiger partial charge in [-0.1, -0.05) is 0 Å². The van der Waals surface area contributed by atoms with Crippen LogP contribution in [0.1, 0.15) is 6.92 Å². The lowest BCUT2D eigenvalue weighted by Crippen LogP contribution is -2.55. The van der Waals surface area contributed by atoms with E-state index >= 15 is 0 Å². The van der Waals surface area contributed by atoms with E-state index in [2.05, 4.69) is 5.32 Å². The number of imide groups is 1. The number of nitrogens with one attached hydrogen (secondary N) is 1. The van der Waals surface area contributed by atoms with E-state index in [1.54, 1.807) is 0 Å². The second-order valence-electron chi connectivity index (χ2n) is 3.81. The predicted octanol–water partition coefficient (Wildman–Crippen LogP) is -1.11. The van der Waals surface area contributed by atoms with Gasteiger partial charge >= 0.3 is 0 Å².